The highest BCUT2D eigenvalue weighted by atomic mass is 35.5. The van der Waals surface area contributed by atoms with Gasteiger partial charge < -0.3 is 5.73 Å². The summed E-state index contributed by atoms with van der Waals surface area (Å²) in [6.45, 7) is 2.08. The second kappa shape index (κ2) is 5.34. The Bertz CT molecular complexity index is 476. The highest BCUT2D eigenvalue weighted by molar-refractivity contribution is 6.30. The van der Waals surface area contributed by atoms with Crippen molar-refractivity contribution in [3.63, 3.8) is 0 Å². The van der Waals surface area contributed by atoms with Crippen molar-refractivity contribution < 1.29 is 0 Å². The predicted octanol–water partition coefficient (Wildman–Crippen LogP) is 3.01. The molecule has 2 rings (SSSR count). The number of nitrogens with two attached hydrogens (primary N) is 1. The molecule has 2 aromatic rings. The van der Waals surface area contributed by atoms with E-state index in [0.29, 0.717) is 0 Å². The average molecular weight is 250 g/mol. The molecule has 1 aromatic heterocycles. The van der Waals surface area contributed by atoms with Crippen LogP contribution in [0.3, 0.4) is 0 Å². The van der Waals surface area contributed by atoms with Crippen molar-refractivity contribution in [3.05, 3.63) is 41.0 Å². The fourth-order valence-electron chi connectivity index (χ4n) is 1.66. The third-order valence-electron chi connectivity index (χ3n) is 2.78. The molecule has 17 heavy (non-hydrogen) atoms. The molecular formula is C13H16ClN3. The largest absolute Gasteiger partial charge is 0.327 e. The van der Waals surface area contributed by atoms with Crippen LogP contribution in [0.15, 0.2) is 30.3 Å². The molecule has 0 radical (unpaired) electrons. The Kier molecular flexibility index (Phi) is 3.82. The minimum absolute atomic E-state index is 0.188. The fraction of sp³-hybridized carbons (Fsp3) is 0.308. The third kappa shape index (κ3) is 3.08. The minimum Gasteiger partial charge on any atom is -0.327 e. The summed E-state index contributed by atoms with van der Waals surface area (Å²) in [5.41, 5.74) is 8.97. The van der Waals surface area contributed by atoms with Crippen LogP contribution in [0.25, 0.3) is 11.3 Å². The average Bonchev–Trinajstić information content (AvgIpc) is 2.78. The smallest absolute Gasteiger partial charge is 0.0923 e. The summed E-state index contributed by atoms with van der Waals surface area (Å²) in [6, 6.07) is 9.88. The predicted molar refractivity (Wildman–Crippen MR) is 71.0 cm³/mol. The van der Waals surface area contributed by atoms with Crippen LogP contribution in [0.2, 0.25) is 5.02 Å². The first-order chi connectivity index (χ1) is 8.19. The summed E-state index contributed by atoms with van der Waals surface area (Å²) >= 11 is 5.85. The molecule has 4 heteroatoms. The number of hydrogen-bond donors (Lipinski definition) is 2. The van der Waals surface area contributed by atoms with Gasteiger partial charge in [0, 0.05) is 28.7 Å². The minimum atomic E-state index is 0.188. The number of hydrogen-bond acceptors (Lipinski definition) is 2. The van der Waals surface area contributed by atoms with Gasteiger partial charge in [0.15, 0.2) is 0 Å². The van der Waals surface area contributed by atoms with Crippen LogP contribution in [0.4, 0.5) is 0 Å². The molecule has 3 nitrogen and oxygen atoms in total. The van der Waals surface area contributed by atoms with Gasteiger partial charge in [-0.3, -0.25) is 5.10 Å². The van der Waals surface area contributed by atoms with Crippen molar-refractivity contribution in [2.45, 2.75) is 25.8 Å². The number of aromatic amines is 1. The van der Waals surface area contributed by atoms with Crippen LogP contribution >= 0.6 is 11.6 Å². The van der Waals surface area contributed by atoms with E-state index in [4.69, 9.17) is 17.3 Å². The zero-order valence-corrected chi connectivity index (χ0v) is 10.5. The maximum atomic E-state index is 5.91. The quantitative estimate of drug-likeness (QED) is 0.875. The molecule has 0 saturated carbocycles. The van der Waals surface area contributed by atoms with Crippen molar-refractivity contribution in [3.8, 4) is 11.3 Å². The molecule has 0 spiro atoms. The van der Waals surface area contributed by atoms with Gasteiger partial charge in [-0.25, -0.2) is 0 Å². The summed E-state index contributed by atoms with van der Waals surface area (Å²) in [5.74, 6) is 0. The summed E-state index contributed by atoms with van der Waals surface area (Å²) in [4.78, 5) is 0. The van der Waals surface area contributed by atoms with Crippen LogP contribution in [-0.2, 0) is 6.42 Å². The van der Waals surface area contributed by atoms with Gasteiger partial charge in [-0.05, 0) is 24.6 Å². The van der Waals surface area contributed by atoms with E-state index < -0.39 is 0 Å². The zero-order chi connectivity index (χ0) is 12.3. The lowest BCUT2D eigenvalue weighted by Gasteiger charge is -2.04. The molecule has 1 unspecified atom stereocenters. The van der Waals surface area contributed by atoms with E-state index in [2.05, 4.69) is 17.1 Å². The molecule has 0 fully saturated rings. The van der Waals surface area contributed by atoms with E-state index >= 15 is 0 Å². The number of H-pyrrole nitrogens is 1. The second-order valence-corrected chi connectivity index (χ2v) is 4.59. The van der Waals surface area contributed by atoms with Gasteiger partial charge in [0.1, 0.15) is 0 Å². The van der Waals surface area contributed by atoms with Crippen molar-refractivity contribution in [1.29, 1.82) is 0 Å². The number of aromatic nitrogens is 2. The number of benzene rings is 1. The summed E-state index contributed by atoms with van der Waals surface area (Å²) in [7, 11) is 0. The van der Waals surface area contributed by atoms with E-state index in [0.717, 1.165) is 34.8 Å². The molecule has 90 valence electrons. The van der Waals surface area contributed by atoms with Crippen LogP contribution in [0, 0.1) is 0 Å². The molecule has 0 aliphatic heterocycles. The molecule has 1 heterocycles. The molecule has 0 aliphatic rings. The van der Waals surface area contributed by atoms with E-state index in [1.165, 1.54) is 0 Å². The molecule has 1 aromatic carbocycles. The molecule has 0 aliphatic carbocycles. The summed E-state index contributed by atoms with van der Waals surface area (Å²) in [5, 5.41) is 8.03. The number of rotatable bonds is 4. The van der Waals surface area contributed by atoms with Gasteiger partial charge in [0.25, 0.3) is 0 Å². The summed E-state index contributed by atoms with van der Waals surface area (Å²) < 4.78 is 0. The van der Waals surface area contributed by atoms with Crippen LogP contribution < -0.4 is 5.73 Å². The topological polar surface area (TPSA) is 54.7 Å². The van der Waals surface area contributed by atoms with Crippen molar-refractivity contribution in [2.75, 3.05) is 0 Å². The van der Waals surface area contributed by atoms with Gasteiger partial charge in [-0.2, -0.15) is 5.10 Å². The highest BCUT2D eigenvalue weighted by Crippen LogP contribution is 2.20. The van der Waals surface area contributed by atoms with Gasteiger partial charge >= 0.3 is 0 Å². The van der Waals surface area contributed by atoms with Crippen molar-refractivity contribution in [1.82, 2.24) is 10.2 Å². The van der Waals surface area contributed by atoms with Crippen LogP contribution in [0.1, 0.15) is 19.0 Å². The van der Waals surface area contributed by atoms with E-state index in [-0.39, 0.29) is 6.04 Å². The Hall–Kier alpha value is -1.32. The van der Waals surface area contributed by atoms with Crippen LogP contribution in [-0.4, -0.2) is 16.2 Å². The number of halogens is 1. The molecule has 0 amide bonds. The van der Waals surface area contributed by atoms with Crippen molar-refractivity contribution in [2.24, 2.45) is 5.73 Å². The lowest BCUT2D eigenvalue weighted by Crippen LogP contribution is -2.21. The summed E-state index contributed by atoms with van der Waals surface area (Å²) in [6.07, 6.45) is 1.80. The zero-order valence-electron chi connectivity index (χ0n) is 9.78. The van der Waals surface area contributed by atoms with E-state index in [1.807, 2.05) is 30.3 Å². The first-order valence-electron chi connectivity index (χ1n) is 5.75. The molecule has 1 atom stereocenters. The molecule has 0 saturated heterocycles. The molecule has 3 N–H and O–H groups in total. The van der Waals surface area contributed by atoms with E-state index in [9.17, 15) is 0 Å². The molecular weight excluding hydrogens is 234 g/mol. The Balaban J connectivity index is 2.15. The Labute approximate surface area is 106 Å². The lowest BCUT2D eigenvalue weighted by atomic mass is 10.1. The molecule has 0 bridgehead atoms. The maximum absolute atomic E-state index is 5.91. The van der Waals surface area contributed by atoms with E-state index in [1.54, 1.807) is 0 Å². The van der Waals surface area contributed by atoms with Gasteiger partial charge in [-0.1, -0.05) is 30.7 Å². The highest BCUT2D eigenvalue weighted by Gasteiger charge is 2.06. The normalized spacial score (nSPS) is 12.6. The standard InChI is InChI=1S/C13H16ClN3/c1-2-11(15)7-12-8-13(17-16-12)9-3-5-10(14)6-4-9/h3-6,8,11H,2,7,15H2,1H3,(H,16,17). The van der Waals surface area contributed by atoms with Gasteiger partial charge in [0.2, 0.25) is 0 Å². The van der Waals surface area contributed by atoms with Gasteiger partial charge in [-0.15, -0.1) is 0 Å². The monoisotopic (exact) mass is 249 g/mol. The fourth-order valence-corrected chi connectivity index (χ4v) is 1.79. The van der Waals surface area contributed by atoms with Crippen LogP contribution in [0.5, 0.6) is 0 Å². The maximum Gasteiger partial charge on any atom is 0.0923 e. The SMILES string of the molecule is CCC(N)Cc1cc(-c2ccc(Cl)cc2)n[nH]1. The Morgan fingerprint density at radius 3 is 2.71 bits per heavy atom. The number of nitrogens with zero attached hydrogens (tertiary/aromatic N) is 1. The van der Waals surface area contributed by atoms with Gasteiger partial charge in [0.05, 0.1) is 5.69 Å². The Morgan fingerprint density at radius 1 is 1.35 bits per heavy atom. The van der Waals surface area contributed by atoms with Crippen molar-refractivity contribution >= 4 is 11.6 Å². The first-order valence-corrected chi connectivity index (χ1v) is 6.12. The number of nitrogens with one attached hydrogen (secondary N) is 1. The second-order valence-electron chi connectivity index (χ2n) is 4.16. The third-order valence-corrected chi connectivity index (χ3v) is 3.03. The first kappa shape index (κ1) is 12.1. The lowest BCUT2D eigenvalue weighted by molar-refractivity contribution is 0.635. The Morgan fingerprint density at radius 2 is 2.06 bits per heavy atom.